The van der Waals surface area contributed by atoms with Crippen LogP contribution in [-0.4, -0.2) is 25.2 Å². The SMILES string of the molecule is Cc1cc(C(=O)NN=Cc2ccc(N3CCCCC3)s2)c(C)o1. The van der Waals surface area contributed by atoms with Crippen LogP contribution >= 0.6 is 11.3 Å². The van der Waals surface area contributed by atoms with Crippen LogP contribution in [0.4, 0.5) is 5.00 Å². The fraction of sp³-hybridized carbons (Fsp3) is 0.412. The average molecular weight is 331 g/mol. The first-order valence-electron chi connectivity index (χ1n) is 7.89. The molecule has 0 aliphatic carbocycles. The fourth-order valence-corrected chi connectivity index (χ4v) is 3.70. The minimum atomic E-state index is -0.247. The second-order valence-electron chi connectivity index (χ2n) is 5.75. The van der Waals surface area contributed by atoms with Gasteiger partial charge in [-0.3, -0.25) is 4.79 Å². The van der Waals surface area contributed by atoms with Crippen LogP contribution in [0.15, 0.2) is 27.7 Å². The Morgan fingerprint density at radius 3 is 2.78 bits per heavy atom. The van der Waals surface area contributed by atoms with E-state index in [4.69, 9.17) is 4.42 Å². The molecule has 0 bridgehead atoms. The lowest BCUT2D eigenvalue weighted by atomic mass is 10.1. The molecule has 3 heterocycles. The van der Waals surface area contributed by atoms with Crippen molar-refractivity contribution in [3.63, 3.8) is 0 Å². The van der Waals surface area contributed by atoms with Crippen molar-refractivity contribution in [3.05, 3.63) is 40.2 Å². The quantitative estimate of drug-likeness (QED) is 0.686. The molecule has 1 amide bonds. The first-order chi connectivity index (χ1) is 11.1. The molecular formula is C17H21N3O2S. The Balaban J connectivity index is 1.59. The summed E-state index contributed by atoms with van der Waals surface area (Å²) in [7, 11) is 0. The summed E-state index contributed by atoms with van der Waals surface area (Å²) < 4.78 is 5.35. The zero-order valence-electron chi connectivity index (χ0n) is 13.5. The van der Waals surface area contributed by atoms with Crippen LogP contribution in [0, 0.1) is 13.8 Å². The highest BCUT2D eigenvalue weighted by molar-refractivity contribution is 7.17. The molecule has 23 heavy (non-hydrogen) atoms. The lowest BCUT2D eigenvalue weighted by molar-refractivity contribution is 0.0953. The topological polar surface area (TPSA) is 57.8 Å². The number of thiophene rings is 1. The molecular weight excluding hydrogens is 310 g/mol. The zero-order chi connectivity index (χ0) is 16.2. The van der Waals surface area contributed by atoms with Gasteiger partial charge in [-0.1, -0.05) is 0 Å². The molecule has 0 spiro atoms. The number of anilines is 1. The first kappa shape index (κ1) is 15.8. The molecule has 2 aromatic rings. The molecule has 1 aliphatic heterocycles. The van der Waals surface area contributed by atoms with Crippen LogP contribution in [0.5, 0.6) is 0 Å². The number of hydrogen-bond donors (Lipinski definition) is 1. The van der Waals surface area contributed by atoms with Crippen molar-refractivity contribution in [1.29, 1.82) is 0 Å². The Kier molecular flexibility index (Phi) is 4.81. The predicted molar refractivity (Wildman–Crippen MR) is 93.6 cm³/mol. The molecule has 0 unspecified atom stereocenters. The summed E-state index contributed by atoms with van der Waals surface area (Å²) in [5, 5.41) is 5.33. The molecule has 1 fully saturated rings. The standard InChI is InChI=1S/C17H21N3O2S/c1-12-10-15(13(2)22-12)17(21)19-18-11-14-6-7-16(23-14)20-8-4-3-5-9-20/h6-7,10-11H,3-5,8-9H2,1-2H3,(H,19,21). The molecule has 0 radical (unpaired) electrons. The third kappa shape index (κ3) is 3.82. The number of amides is 1. The third-order valence-electron chi connectivity index (χ3n) is 3.92. The minimum Gasteiger partial charge on any atom is -0.466 e. The van der Waals surface area contributed by atoms with Crippen molar-refractivity contribution in [2.75, 3.05) is 18.0 Å². The van der Waals surface area contributed by atoms with Gasteiger partial charge in [0.15, 0.2) is 0 Å². The molecule has 122 valence electrons. The van der Waals surface area contributed by atoms with Crippen molar-refractivity contribution < 1.29 is 9.21 Å². The number of hydrazone groups is 1. The van der Waals surface area contributed by atoms with Crippen molar-refractivity contribution >= 4 is 28.5 Å². The Bertz CT molecular complexity index is 711. The summed E-state index contributed by atoms with van der Waals surface area (Å²) >= 11 is 1.70. The van der Waals surface area contributed by atoms with Crippen LogP contribution in [-0.2, 0) is 0 Å². The normalized spacial score (nSPS) is 15.3. The van der Waals surface area contributed by atoms with Gasteiger partial charge in [0.05, 0.1) is 16.8 Å². The van der Waals surface area contributed by atoms with Crippen molar-refractivity contribution in [3.8, 4) is 0 Å². The number of nitrogens with one attached hydrogen (secondary N) is 1. The van der Waals surface area contributed by atoms with E-state index in [2.05, 4.69) is 21.5 Å². The van der Waals surface area contributed by atoms with Gasteiger partial charge < -0.3 is 9.32 Å². The number of hydrogen-bond acceptors (Lipinski definition) is 5. The number of carbonyl (C=O) groups excluding carboxylic acids is 1. The van der Waals surface area contributed by atoms with E-state index in [0.717, 1.165) is 23.7 Å². The summed E-state index contributed by atoms with van der Waals surface area (Å²) in [6.07, 6.45) is 5.55. The summed E-state index contributed by atoms with van der Waals surface area (Å²) in [6, 6.07) is 5.89. The van der Waals surface area contributed by atoms with Crippen molar-refractivity contribution in [1.82, 2.24) is 5.43 Å². The Morgan fingerprint density at radius 1 is 1.30 bits per heavy atom. The highest BCUT2D eigenvalue weighted by atomic mass is 32.1. The van der Waals surface area contributed by atoms with E-state index < -0.39 is 0 Å². The summed E-state index contributed by atoms with van der Waals surface area (Å²) in [5.41, 5.74) is 3.08. The highest BCUT2D eigenvalue weighted by Gasteiger charge is 2.13. The highest BCUT2D eigenvalue weighted by Crippen LogP contribution is 2.27. The average Bonchev–Trinajstić information content (AvgIpc) is 3.14. The Morgan fingerprint density at radius 2 is 2.09 bits per heavy atom. The third-order valence-corrected chi connectivity index (χ3v) is 5.00. The molecule has 1 saturated heterocycles. The molecule has 5 nitrogen and oxygen atoms in total. The smallest absolute Gasteiger partial charge is 0.274 e. The van der Waals surface area contributed by atoms with E-state index in [1.54, 1.807) is 30.5 Å². The second-order valence-corrected chi connectivity index (χ2v) is 6.84. The predicted octanol–water partition coefficient (Wildman–Crippen LogP) is 3.71. The molecule has 6 heteroatoms. The largest absolute Gasteiger partial charge is 0.466 e. The van der Waals surface area contributed by atoms with E-state index in [1.165, 1.54) is 24.3 Å². The lowest BCUT2D eigenvalue weighted by Crippen LogP contribution is -2.28. The fourth-order valence-electron chi connectivity index (χ4n) is 2.77. The molecule has 0 saturated carbocycles. The van der Waals surface area contributed by atoms with E-state index >= 15 is 0 Å². The van der Waals surface area contributed by atoms with E-state index in [9.17, 15) is 4.79 Å². The first-order valence-corrected chi connectivity index (χ1v) is 8.70. The Hall–Kier alpha value is -2.08. The number of nitrogens with zero attached hydrogens (tertiary/aromatic N) is 2. The number of furan rings is 1. The van der Waals surface area contributed by atoms with Gasteiger partial charge in [0, 0.05) is 18.0 Å². The van der Waals surface area contributed by atoms with Gasteiger partial charge in [0.25, 0.3) is 5.91 Å². The molecule has 2 aromatic heterocycles. The van der Waals surface area contributed by atoms with Gasteiger partial charge in [-0.25, -0.2) is 5.43 Å². The number of rotatable bonds is 4. The second kappa shape index (κ2) is 7.00. The van der Waals surface area contributed by atoms with Crippen molar-refractivity contribution in [2.45, 2.75) is 33.1 Å². The maximum Gasteiger partial charge on any atom is 0.274 e. The molecule has 3 rings (SSSR count). The van der Waals surface area contributed by atoms with Crippen LogP contribution in [0.2, 0.25) is 0 Å². The number of carbonyl (C=O) groups is 1. The molecule has 1 aliphatic rings. The van der Waals surface area contributed by atoms with E-state index in [0.29, 0.717) is 11.3 Å². The maximum absolute atomic E-state index is 12.0. The van der Waals surface area contributed by atoms with Gasteiger partial charge in [0.1, 0.15) is 11.5 Å². The zero-order valence-corrected chi connectivity index (χ0v) is 14.3. The molecule has 0 atom stereocenters. The number of aryl methyl sites for hydroxylation is 2. The Labute approximate surface area is 140 Å². The van der Waals surface area contributed by atoms with Crippen LogP contribution < -0.4 is 10.3 Å². The van der Waals surface area contributed by atoms with Crippen LogP contribution in [0.3, 0.4) is 0 Å². The van der Waals surface area contributed by atoms with Gasteiger partial charge >= 0.3 is 0 Å². The molecule has 1 N–H and O–H groups in total. The number of piperidine rings is 1. The minimum absolute atomic E-state index is 0.247. The van der Waals surface area contributed by atoms with Gasteiger partial charge in [-0.15, -0.1) is 11.3 Å². The van der Waals surface area contributed by atoms with Crippen molar-refractivity contribution in [2.24, 2.45) is 5.10 Å². The summed E-state index contributed by atoms with van der Waals surface area (Å²) in [5.74, 6) is 1.09. The van der Waals surface area contributed by atoms with E-state index in [1.807, 2.05) is 13.0 Å². The van der Waals surface area contributed by atoms with Gasteiger partial charge in [-0.2, -0.15) is 5.10 Å². The van der Waals surface area contributed by atoms with Gasteiger partial charge in [0.2, 0.25) is 0 Å². The van der Waals surface area contributed by atoms with E-state index in [-0.39, 0.29) is 5.91 Å². The van der Waals surface area contributed by atoms with Gasteiger partial charge in [-0.05, 0) is 51.3 Å². The lowest BCUT2D eigenvalue weighted by Gasteiger charge is -2.27. The summed E-state index contributed by atoms with van der Waals surface area (Å²) in [6.45, 7) is 5.86. The van der Waals surface area contributed by atoms with Crippen LogP contribution in [0.1, 0.15) is 46.0 Å². The summed E-state index contributed by atoms with van der Waals surface area (Å²) in [4.78, 5) is 15.5. The monoisotopic (exact) mass is 331 g/mol. The molecule has 0 aromatic carbocycles. The van der Waals surface area contributed by atoms with Crippen LogP contribution in [0.25, 0.3) is 0 Å². The maximum atomic E-state index is 12.0.